The molecule has 30 heavy (non-hydrogen) atoms. The fraction of sp³-hybridized carbons (Fsp3) is 0.450. The molecule has 4 nitrogen and oxygen atoms in total. The molecule has 0 aliphatic heterocycles. The third-order valence-electron chi connectivity index (χ3n) is 3.85. The van der Waals surface area contributed by atoms with Gasteiger partial charge in [-0.05, 0) is 43.7 Å². The van der Waals surface area contributed by atoms with Gasteiger partial charge in [-0.2, -0.15) is 26.3 Å². The smallest absolute Gasteiger partial charge is 0.421 e. The van der Waals surface area contributed by atoms with E-state index in [0.29, 0.717) is 25.2 Å². The molecule has 0 fully saturated rings. The van der Waals surface area contributed by atoms with Gasteiger partial charge in [-0.25, -0.2) is 4.98 Å². The molecule has 1 heterocycles. The molecule has 10 heteroatoms. The first-order valence-corrected chi connectivity index (χ1v) is 9.17. The van der Waals surface area contributed by atoms with E-state index in [9.17, 15) is 26.3 Å². The van der Waals surface area contributed by atoms with Crippen molar-refractivity contribution >= 4 is 0 Å². The summed E-state index contributed by atoms with van der Waals surface area (Å²) in [5, 5.41) is 0. The largest absolute Gasteiger partial charge is 0.488 e. The van der Waals surface area contributed by atoms with Gasteiger partial charge >= 0.3 is 12.4 Å². The second kappa shape index (κ2) is 10.0. The van der Waals surface area contributed by atoms with Gasteiger partial charge in [0.2, 0.25) is 5.88 Å². The third-order valence-corrected chi connectivity index (χ3v) is 3.85. The molecule has 1 unspecified atom stereocenters. The van der Waals surface area contributed by atoms with Gasteiger partial charge in [0.15, 0.2) is 0 Å². The average Bonchev–Trinajstić information content (AvgIpc) is 2.65. The van der Waals surface area contributed by atoms with Crippen molar-refractivity contribution in [3.63, 3.8) is 0 Å². The molecular weight excluding hydrogens is 416 g/mol. The van der Waals surface area contributed by atoms with E-state index in [0.717, 1.165) is 12.8 Å². The molecule has 0 amide bonds. The van der Waals surface area contributed by atoms with E-state index in [4.69, 9.17) is 14.2 Å². The van der Waals surface area contributed by atoms with Crippen LogP contribution < -0.4 is 9.47 Å². The highest BCUT2D eigenvalue weighted by Crippen LogP contribution is 2.40. The van der Waals surface area contributed by atoms with E-state index in [-0.39, 0.29) is 17.9 Å². The number of hydrogen-bond donors (Lipinski definition) is 0. The van der Waals surface area contributed by atoms with Crippen molar-refractivity contribution in [1.82, 2.24) is 4.98 Å². The van der Waals surface area contributed by atoms with Crippen molar-refractivity contribution in [2.24, 2.45) is 0 Å². The molecule has 0 saturated carbocycles. The molecular formula is C20H21F6NO3. The predicted octanol–water partition coefficient (Wildman–Crippen LogP) is 6.50. The summed E-state index contributed by atoms with van der Waals surface area (Å²) in [6.07, 6.45) is -8.03. The Bertz CT molecular complexity index is 806. The molecule has 1 atom stereocenters. The van der Waals surface area contributed by atoms with Crippen LogP contribution in [0.1, 0.15) is 37.8 Å². The van der Waals surface area contributed by atoms with Gasteiger partial charge in [0.25, 0.3) is 0 Å². The fourth-order valence-corrected chi connectivity index (χ4v) is 2.35. The van der Waals surface area contributed by atoms with E-state index >= 15 is 0 Å². The number of halogens is 6. The van der Waals surface area contributed by atoms with E-state index in [2.05, 4.69) is 4.98 Å². The summed E-state index contributed by atoms with van der Waals surface area (Å²) in [4.78, 5) is 3.22. The zero-order chi connectivity index (χ0) is 22.4. The number of alkyl halides is 6. The molecule has 0 saturated heterocycles. The SMILES string of the molecule is CCCCOCC(C)Oc1ccc(Oc2ncc(C(F)(F)F)cc2C(F)(F)F)cc1. The zero-order valence-electron chi connectivity index (χ0n) is 16.3. The van der Waals surface area contributed by atoms with Crippen LogP contribution in [0.15, 0.2) is 36.5 Å². The Morgan fingerprint density at radius 3 is 2.17 bits per heavy atom. The normalized spacial score (nSPS) is 13.2. The average molecular weight is 437 g/mol. The first-order chi connectivity index (χ1) is 14.0. The van der Waals surface area contributed by atoms with E-state index in [1.165, 1.54) is 24.3 Å². The molecule has 0 bridgehead atoms. The van der Waals surface area contributed by atoms with Crippen molar-refractivity contribution in [2.75, 3.05) is 13.2 Å². The molecule has 0 N–H and O–H groups in total. The van der Waals surface area contributed by atoms with Crippen molar-refractivity contribution in [1.29, 1.82) is 0 Å². The Labute approximate surface area is 169 Å². The highest BCUT2D eigenvalue weighted by molar-refractivity contribution is 5.39. The molecule has 1 aromatic carbocycles. The Morgan fingerprint density at radius 2 is 1.60 bits per heavy atom. The Balaban J connectivity index is 2.08. The minimum atomic E-state index is -5.07. The lowest BCUT2D eigenvalue weighted by atomic mass is 10.2. The number of nitrogens with zero attached hydrogens (tertiary/aromatic N) is 1. The summed E-state index contributed by atoms with van der Waals surface area (Å²) in [6.45, 7) is 4.85. The number of aromatic nitrogens is 1. The molecule has 0 radical (unpaired) electrons. The standard InChI is InChI=1S/C20H21F6NO3/c1-3-4-9-28-12-13(2)29-15-5-7-16(8-6-15)30-18-17(20(24,25)26)10-14(11-27-18)19(21,22)23/h5-8,10-11,13H,3-4,9,12H2,1-2H3. The van der Waals surface area contributed by atoms with Crippen LogP contribution >= 0.6 is 0 Å². The minimum absolute atomic E-state index is 0.0277. The number of benzene rings is 1. The van der Waals surface area contributed by atoms with Crippen LogP contribution in [0.5, 0.6) is 17.4 Å². The van der Waals surface area contributed by atoms with Gasteiger partial charge in [0, 0.05) is 12.8 Å². The summed E-state index contributed by atoms with van der Waals surface area (Å²) < 4.78 is 93.7. The highest BCUT2D eigenvalue weighted by atomic mass is 19.4. The quantitative estimate of drug-likeness (QED) is 0.332. The molecule has 0 aliphatic rings. The number of hydrogen-bond acceptors (Lipinski definition) is 4. The Hall–Kier alpha value is -2.49. The molecule has 2 rings (SSSR count). The highest BCUT2D eigenvalue weighted by Gasteiger charge is 2.40. The second-order valence-electron chi connectivity index (χ2n) is 6.50. The third kappa shape index (κ3) is 7.08. The van der Waals surface area contributed by atoms with Gasteiger partial charge in [0.05, 0.1) is 12.2 Å². The maximum Gasteiger partial charge on any atom is 0.421 e. The number of pyridine rings is 1. The van der Waals surface area contributed by atoms with Gasteiger partial charge < -0.3 is 14.2 Å². The van der Waals surface area contributed by atoms with Crippen LogP contribution in [0.3, 0.4) is 0 Å². The van der Waals surface area contributed by atoms with Crippen LogP contribution in [0.4, 0.5) is 26.3 Å². The first-order valence-electron chi connectivity index (χ1n) is 9.17. The van der Waals surface area contributed by atoms with Crippen molar-refractivity contribution in [2.45, 2.75) is 45.1 Å². The second-order valence-corrected chi connectivity index (χ2v) is 6.50. The molecule has 0 spiro atoms. The lowest BCUT2D eigenvalue weighted by Gasteiger charge is -2.16. The summed E-state index contributed by atoms with van der Waals surface area (Å²) in [5.74, 6) is -0.570. The first kappa shape index (κ1) is 23.8. The minimum Gasteiger partial charge on any atom is -0.488 e. The molecule has 166 valence electrons. The zero-order valence-corrected chi connectivity index (χ0v) is 16.3. The Kier molecular flexibility index (Phi) is 7.94. The lowest BCUT2D eigenvalue weighted by molar-refractivity contribution is -0.144. The van der Waals surface area contributed by atoms with Gasteiger partial charge in [-0.3, -0.25) is 0 Å². The monoisotopic (exact) mass is 437 g/mol. The summed E-state index contributed by atoms with van der Waals surface area (Å²) in [7, 11) is 0. The number of rotatable bonds is 9. The van der Waals surface area contributed by atoms with Crippen LogP contribution in [-0.4, -0.2) is 24.3 Å². The summed E-state index contributed by atoms with van der Waals surface area (Å²) in [5.41, 5.74) is -3.13. The van der Waals surface area contributed by atoms with Crippen LogP contribution in [0.2, 0.25) is 0 Å². The van der Waals surface area contributed by atoms with Crippen LogP contribution in [0, 0.1) is 0 Å². The number of unbranched alkanes of at least 4 members (excludes halogenated alkanes) is 1. The number of ether oxygens (including phenoxy) is 3. The lowest BCUT2D eigenvalue weighted by Crippen LogP contribution is -2.19. The maximum atomic E-state index is 13.2. The molecule has 1 aromatic heterocycles. The van der Waals surface area contributed by atoms with Crippen molar-refractivity contribution in [3.05, 3.63) is 47.7 Å². The Morgan fingerprint density at radius 1 is 0.967 bits per heavy atom. The molecule has 2 aromatic rings. The van der Waals surface area contributed by atoms with E-state index in [1.807, 2.05) is 6.92 Å². The van der Waals surface area contributed by atoms with Gasteiger partial charge in [0.1, 0.15) is 23.2 Å². The van der Waals surface area contributed by atoms with E-state index in [1.54, 1.807) is 6.92 Å². The van der Waals surface area contributed by atoms with Gasteiger partial charge in [-0.1, -0.05) is 13.3 Å². The fourth-order valence-electron chi connectivity index (χ4n) is 2.35. The van der Waals surface area contributed by atoms with Crippen molar-refractivity contribution < 1.29 is 40.6 Å². The topological polar surface area (TPSA) is 40.6 Å². The van der Waals surface area contributed by atoms with Crippen LogP contribution in [-0.2, 0) is 17.1 Å². The van der Waals surface area contributed by atoms with Crippen LogP contribution in [0.25, 0.3) is 0 Å². The van der Waals surface area contributed by atoms with E-state index < -0.39 is 29.4 Å². The maximum absolute atomic E-state index is 13.2. The molecule has 0 aliphatic carbocycles. The van der Waals surface area contributed by atoms with Gasteiger partial charge in [-0.15, -0.1) is 0 Å². The van der Waals surface area contributed by atoms with Crippen molar-refractivity contribution in [3.8, 4) is 17.4 Å². The predicted molar refractivity (Wildman–Crippen MR) is 96.6 cm³/mol. The summed E-state index contributed by atoms with van der Waals surface area (Å²) >= 11 is 0. The summed E-state index contributed by atoms with van der Waals surface area (Å²) in [6, 6.07) is 5.57.